The van der Waals surface area contributed by atoms with Crippen LogP contribution in [-0.4, -0.2) is 41.0 Å². The molecule has 1 heterocycles. The van der Waals surface area contributed by atoms with E-state index >= 15 is 0 Å². The molecular weight excluding hydrogens is 314 g/mol. The number of amides is 1. The zero-order chi connectivity index (χ0) is 13.7. The van der Waals surface area contributed by atoms with Crippen LogP contribution in [0.4, 0.5) is 0 Å². The highest BCUT2D eigenvalue weighted by Gasteiger charge is 2.14. The number of rotatable bonds is 6. The Hall–Kier alpha value is -0.460. The van der Waals surface area contributed by atoms with E-state index in [0.717, 1.165) is 10.5 Å². The van der Waals surface area contributed by atoms with Crippen LogP contribution in [0.5, 0.6) is 0 Å². The highest BCUT2D eigenvalue weighted by atomic mass is 79.9. The standard InChI is InChI=1S/C12H20BrN3OS/c1-8(2)16(9(3)4)6-5-14-11(17)10-7-18-12(13)15-10/h7-9H,5-6H2,1-4H3,(H,14,17). The predicted molar refractivity (Wildman–Crippen MR) is 79.1 cm³/mol. The first-order valence-electron chi connectivity index (χ1n) is 6.06. The molecule has 1 amide bonds. The van der Waals surface area contributed by atoms with Crippen molar-refractivity contribution in [3.8, 4) is 0 Å². The maximum absolute atomic E-state index is 11.8. The average molecular weight is 334 g/mol. The number of thiazole rings is 1. The second kappa shape index (κ2) is 7.21. The third-order valence-electron chi connectivity index (χ3n) is 2.69. The maximum atomic E-state index is 11.8. The number of carbonyl (C=O) groups excluding carboxylic acids is 1. The number of nitrogens with zero attached hydrogens (tertiary/aromatic N) is 2. The van der Waals surface area contributed by atoms with Gasteiger partial charge in [-0.3, -0.25) is 9.69 Å². The highest BCUT2D eigenvalue weighted by molar-refractivity contribution is 9.11. The Morgan fingerprint density at radius 3 is 2.50 bits per heavy atom. The van der Waals surface area contributed by atoms with Crippen LogP contribution in [0.1, 0.15) is 38.2 Å². The van der Waals surface area contributed by atoms with E-state index in [0.29, 0.717) is 24.3 Å². The first-order valence-corrected chi connectivity index (χ1v) is 7.74. The molecule has 0 spiro atoms. The molecule has 1 rings (SSSR count). The summed E-state index contributed by atoms with van der Waals surface area (Å²) >= 11 is 4.67. The van der Waals surface area contributed by atoms with Crippen LogP contribution in [0.3, 0.4) is 0 Å². The van der Waals surface area contributed by atoms with Crippen LogP contribution in [0.15, 0.2) is 9.30 Å². The highest BCUT2D eigenvalue weighted by Crippen LogP contribution is 2.15. The number of nitrogens with one attached hydrogen (secondary N) is 1. The van der Waals surface area contributed by atoms with Crippen LogP contribution in [-0.2, 0) is 0 Å². The van der Waals surface area contributed by atoms with Crippen LogP contribution in [0.2, 0.25) is 0 Å². The molecule has 0 radical (unpaired) electrons. The van der Waals surface area contributed by atoms with E-state index in [1.165, 1.54) is 11.3 Å². The van der Waals surface area contributed by atoms with Gasteiger partial charge in [0.1, 0.15) is 5.69 Å². The van der Waals surface area contributed by atoms with E-state index in [9.17, 15) is 4.79 Å². The topological polar surface area (TPSA) is 45.2 Å². The maximum Gasteiger partial charge on any atom is 0.270 e. The van der Waals surface area contributed by atoms with E-state index in [2.05, 4.69) is 58.8 Å². The monoisotopic (exact) mass is 333 g/mol. The molecule has 0 aliphatic heterocycles. The van der Waals surface area contributed by atoms with E-state index in [-0.39, 0.29) is 5.91 Å². The van der Waals surface area contributed by atoms with Crippen molar-refractivity contribution >= 4 is 33.2 Å². The molecular formula is C12H20BrN3OS. The van der Waals surface area contributed by atoms with Crippen molar-refractivity contribution in [2.45, 2.75) is 39.8 Å². The quantitative estimate of drug-likeness (QED) is 0.870. The molecule has 0 aromatic carbocycles. The van der Waals surface area contributed by atoms with Crippen molar-refractivity contribution in [2.75, 3.05) is 13.1 Å². The summed E-state index contributed by atoms with van der Waals surface area (Å²) in [5, 5.41) is 4.65. The zero-order valence-electron chi connectivity index (χ0n) is 11.2. The number of carbonyl (C=O) groups is 1. The van der Waals surface area contributed by atoms with Gasteiger partial charge in [-0.25, -0.2) is 4.98 Å². The largest absolute Gasteiger partial charge is 0.349 e. The van der Waals surface area contributed by atoms with E-state index in [1.54, 1.807) is 5.38 Å². The summed E-state index contributed by atoms with van der Waals surface area (Å²) < 4.78 is 0.735. The molecule has 102 valence electrons. The van der Waals surface area contributed by atoms with E-state index in [4.69, 9.17) is 0 Å². The summed E-state index contributed by atoms with van der Waals surface area (Å²) in [6.07, 6.45) is 0. The molecule has 1 aromatic rings. The van der Waals surface area contributed by atoms with Gasteiger partial charge in [0.25, 0.3) is 5.91 Å². The number of hydrogen-bond donors (Lipinski definition) is 1. The van der Waals surface area contributed by atoms with Gasteiger partial charge in [-0.2, -0.15) is 0 Å². The van der Waals surface area contributed by atoms with Crippen LogP contribution in [0, 0.1) is 0 Å². The van der Waals surface area contributed by atoms with Gasteiger partial charge in [0.15, 0.2) is 3.92 Å². The SMILES string of the molecule is CC(C)N(CCNC(=O)c1csc(Br)n1)C(C)C. The van der Waals surface area contributed by atoms with Crippen molar-refractivity contribution in [2.24, 2.45) is 0 Å². The van der Waals surface area contributed by atoms with E-state index < -0.39 is 0 Å². The molecule has 18 heavy (non-hydrogen) atoms. The second-order valence-corrected chi connectivity index (χ2v) is 6.80. The summed E-state index contributed by atoms with van der Waals surface area (Å²) in [5.41, 5.74) is 0.479. The van der Waals surface area contributed by atoms with Crippen molar-refractivity contribution in [1.82, 2.24) is 15.2 Å². The third-order valence-corrected chi connectivity index (χ3v) is 4.06. The summed E-state index contributed by atoms with van der Waals surface area (Å²) in [6.45, 7) is 10.2. The van der Waals surface area contributed by atoms with Gasteiger partial charge in [-0.05, 0) is 43.6 Å². The Kier molecular flexibility index (Phi) is 6.25. The van der Waals surface area contributed by atoms with Crippen molar-refractivity contribution in [1.29, 1.82) is 0 Å². The fraction of sp³-hybridized carbons (Fsp3) is 0.667. The van der Waals surface area contributed by atoms with Gasteiger partial charge in [0, 0.05) is 30.6 Å². The normalized spacial score (nSPS) is 11.6. The fourth-order valence-corrected chi connectivity index (χ4v) is 2.85. The molecule has 0 aliphatic rings. The minimum Gasteiger partial charge on any atom is -0.349 e. The first kappa shape index (κ1) is 15.6. The number of halogens is 1. The molecule has 0 bridgehead atoms. The van der Waals surface area contributed by atoms with Gasteiger partial charge < -0.3 is 5.32 Å². The molecule has 0 unspecified atom stereocenters. The lowest BCUT2D eigenvalue weighted by molar-refractivity contribution is 0.0935. The van der Waals surface area contributed by atoms with Gasteiger partial charge in [-0.15, -0.1) is 11.3 Å². The van der Waals surface area contributed by atoms with Crippen molar-refractivity contribution < 1.29 is 4.79 Å². The summed E-state index contributed by atoms with van der Waals surface area (Å²) in [6, 6.07) is 0.964. The molecule has 0 fully saturated rings. The molecule has 0 aliphatic carbocycles. The van der Waals surface area contributed by atoms with Crippen molar-refractivity contribution in [3.63, 3.8) is 0 Å². The Bertz CT molecular complexity index is 384. The molecule has 0 atom stereocenters. The minimum atomic E-state index is -0.107. The molecule has 1 N–H and O–H groups in total. The zero-order valence-corrected chi connectivity index (χ0v) is 13.6. The lowest BCUT2D eigenvalue weighted by Gasteiger charge is -2.30. The predicted octanol–water partition coefficient (Wildman–Crippen LogP) is 2.75. The lowest BCUT2D eigenvalue weighted by atomic mass is 10.2. The third kappa shape index (κ3) is 4.66. The molecule has 1 aromatic heterocycles. The minimum absolute atomic E-state index is 0.107. The van der Waals surface area contributed by atoms with E-state index in [1.807, 2.05) is 0 Å². The van der Waals surface area contributed by atoms with Crippen LogP contribution < -0.4 is 5.32 Å². The molecule has 0 saturated heterocycles. The summed E-state index contributed by atoms with van der Waals surface area (Å²) in [5.74, 6) is -0.107. The van der Waals surface area contributed by atoms with Gasteiger partial charge >= 0.3 is 0 Å². The number of aromatic nitrogens is 1. The number of hydrogen-bond acceptors (Lipinski definition) is 4. The van der Waals surface area contributed by atoms with Gasteiger partial charge in [-0.1, -0.05) is 0 Å². The average Bonchev–Trinajstić information content (AvgIpc) is 2.69. The Morgan fingerprint density at radius 2 is 2.06 bits per heavy atom. The molecule has 4 nitrogen and oxygen atoms in total. The smallest absolute Gasteiger partial charge is 0.270 e. The van der Waals surface area contributed by atoms with Crippen molar-refractivity contribution in [3.05, 3.63) is 15.0 Å². The lowest BCUT2D eigenvalue weighted by Crippen LogP contribution is -2.42. The first-order chi connectivity index (χ1) is 8.41. The summed E-state index contributed by atoms with van der Waals surface area (Å²) in [7, 11) is 0. The molecule has 6 heteroatoms. The Morgan fingerprint density at radius 1 is 1.44 bits per heavy atom. The van der Waals surface area contributed by atoms with Gasteiger partial charge in [0.05, 0.1) is 0 Å². The summed E-state index contributed by atoms with van der Waals surface area (Å²) in [4.78, 5) is 18.2. The van der Waals surface area contributed by atoms with Crippen LogP contribution in [0.25, 0.3) is 0 Å². The Labute approximate surface area is 121 Å². The fourth-order valence-electron chi connectivity index (χ4n) is 1.86. The second-order valence-electron chi connectivity index (χ2n) is 4.67. The Balaban J connectivity index is 2.39. The molecule has 0 saturated carbocycles. The van der Waals surface area contributed by atoms with Gasteiger partial charge in [0.2, 0.25) is 0 Å². The van der Waals surface area contributed by atoms with Crippen LogP contribution >= 0.6 is 27.3 Å².